The van der Waals surface area contributed by atoms with Gasteiger partial charge in [0, 0.05) is 59.1 Å². The van der Waals surface area contributed by atoms with Gasteiger partial charge in [-0.05, 0) is 24.1 Å². The van der Waals surface area contributed by atoms with Crippen LogP contribution in [-0.4, -0.2) is 112 Å². The third-order valence-corrected chi connectivity index (χ3v) is 11.1. The summed E-state index contributed by atoms with van der Waals surface area (Å²) < 4.78 is 36.7. The van der Waals surface area contributed by atoms with E-state index in [0.717, 1.165) is 5.56 Å². The maximum Gasteiger partial charge on any atom is 0.202 e. The molecule has 3 heterocycles. The Kier molecular flexibility index (Phi) is 9.61. The van der Waals surface area contributed by atoms with E-state index < -0.39 is 102 Å². The standard InChI is InChI=1S/C38H38N4O13/c1-17-35-22(42-10-11-51-37(36(42)55-35)52-16-18-6-8-19(9-7-18)40-41-39)12-26(53-17)54-24-14-38(49,25(44)15-43)13-21-28(24)34(48)30-29(32(21)46)31(45)20-4-3-5-23(50-2)27(20)33(30)47/h3-9,17,22,24,26,35-37,43,46,48-49H,10-16H2,1-2H3/t17-,22-,24-,26-,35+,36+,37+,38-/m0/s1. The predicted octanol–water partition coefficient (Wildman–Crippen LogP) is 3.22. The molecule has 0 amide bonds. The number of ketones is 3. The zero-order valence-electron chi connectivity index (χ0n) is 29.8. The fourth-order valence-electron chi connectivity index (χ4n) is 8.52. The highest BCUT2D eigenvalue weighted by Crippen LogP contribution is 2.53. The molecule has 0 bridgehead atoms. The summed E-state index contributed by atoms with van der Waals surface area (Å²) in [6, 6.07) is 11.1. The number of aromatic hydroxyl groups is 2. The fourth-order valence-corrected chi connectivity index (χ4v) is 8.52. The molecule has 2 aliphatic carbocycles. The summed E-state index contributed by atoms with van der Waals surface area (Å²) in [5.41, 5.74) is 6.38. The van der Waals surface area contributed by atoms with Crippen LogP contribution in [0.2, 0.25) is 0 Å². The molecule has 8 rings (SSSR count). The van der Waals surface area contributed by atoms with Crippen LogP contribution in [0.15, 0.2) is 47.6 Å². The van der Waals surface area contributed by atoms with Crippen molar-refractivity contribution in [1.82, 2.24) is 4.90 Å². The van der Waals surface area contributed by atoms with Crippen molar-refractivity contribution in [1.29, 1.82) is 0 Å². The minimum absolute atomic E-state index is 0.0512. The average Bonchev–Trinajstić information content (AvgIpc) is 3.57. The number of Topliss-reactive ketones (excluding diaryl/α,β-unsaturated/α-hetero) is 1. The Morgan fingerprint density at radius 3 is 2.56 bits per heavy atom. The summed E-state index contributed by atoms with van der Waals surface area (Å²) in [4.78, 5) is 45.7. The third-order valence-electron chi connectivity index (χ3n) is 11.1. The highest BCUT2D eigenvalue weighted by Gasteiger charge is 2.55. The van der Waals surface area contributed by atoms with Crippen LogP contribution in [0.1, 0.15) is 74.4 Å². The smallest absolute Gasteiger partial charge is 0.202 e. The summed E-state index contributed by atoms with van der Waals surface area (Å²) >= 11 is 0. The van der Waals surface area contributed by atoms with Crippen molar-refractivity contribution in [2.24, 2.45) is 5.11 Å². The summed E-state index contributed by atoms with van der Waals surface area (Å²) in [5.74, 6) is -3.73. The van der Waals surface area contributed by atoms with E-state index >= 15 is 0 Å². The number of carbonyl (C=O) groups excluding carboxylic acids is 3. The molecular formula is C38H38N4O13. The number of methoxy groups -OCH3 is 1. The zero-order chi connectivity index (χ0) is 38.8. The number of hydrogen-bond donors (Lipinski definition) is 4. The van der Waals surface area contributed by atoms with Crippen LogP contribution in [-0.2, 0) is 41.5 Å². The number of phenols is 2. The van der Waals surface area contributed by atoms with Gasteiger partial charge in [-0.2, -0.15) is 0 Å². The molecule has 55 heavy (non-hydrogen) atoms. The number of rotatable bonds is 9. The number of azide groups is 1. The van der Waals surface area contributed by atoms with Crippen LogP contribution in [0.4, 0.5) is 5.69 Å². The molecule has 0 spiro atoms. The number of benzene rings is 3. The van der Waals surface area contributed by atoms with E-state index in [1.165, 1.54) is 25.3 Å². The second kappa shape index (κ2) is 14.3. The maximum absolute atomic E-state index is 14.0. The molecule has 4 N–H and O–H groups in total. The van der Waals surface area contributed by atoms with Gasteiger partial charge in [0.1, 0.15) is 35.6 Å². The molecule has 8 atom stereocenters. The number of carbonyl (C=O) groups is 3. The molecule has 3 aromatic rings. The zero-order valence-corrected chi connectivity index (χ0v) is 29.8. The van der Waals surface area contributed by atoms with Gasteiger partial charge in [0.15, 0.2) is 30.4 Å². The van der Waals surface area contributed by atoms with Gasteiger partial charge in [-0.15, -0.1) is 0 Å². The molecule has 3 saturated heterocycles. The third kappa shape index (κ3) is 6.14. The first kappa shape index (κ1) is 37.0. The molecule has 17 nitrogen and oxygen atoms in total. The fraction of sp³-hybridized carbons (Fsp3) is 0.447. The van der Waals surface area contributed by atoms with Gasteiger partial charge in [0.2, 0.25) is 5.78 Å². The maximum atomic E-state index is 14.0. The van der Waals surface area contributed by atoms with Crippen molar-refractivity contribution in [3.05, 3.63) is 91.9 Å². The number of ether oxygens (including phenoxy) is 6. The second-order valence-electron chi connectivity index (χ2n) is 14.2. The molecule has 0 radical (unpaired) electrons. The molecule has 3 aliphatic heterocycles. The Morgan fingerprint density at radius 2 is 1.84 bits per heavy atom. The Labute approximate surface area is 313 Å². The van der Waals surface area contributed by atoms with E-state index in [2.05, 4.69) is 14.9 Å². The van der Waals surface area contributed by atoms with Crippen molar-refractivity contribution in [3.8, 4) is 17.2 Å². The largest absolute Gasteiger partial charge is 0.507 e. The van der Waals surface area contributed by atoms with Crippen LogP contribution in [0, 0.1) is 0 Å². The predicted molar refractivity (Wildman–Crippen MR) is 187 cm³/mol. The minimum Gasteiger partial charge on any atom is -0.507 e. The lowest BCUT2D eigenvalue weighted by Gasteiger charge is -2.43. The van der Waals surface area contributed by atoms with Crippen molar-refractivity contribution in [2.45, 2.75) is 81.6 Å². The molecule has 17 heteroatoms. The SMILES string of the molecule is COc1cccc2c1C(=O)c1c(O)c3c(c(O)c1C2=O)C[C@@](O)(C(=O)CO)C[C@@H]3O[C@H]1C[C@H]2[C@H](O[C@@H]3[C@@H](OCc4ccc(N=[N+]=[N-])cc4)OCCN32)[C@H](C)O1. The highest BCUT2D eigenvalue weighted by molar-refractivity contribution is 6.31. The number of hydrogen-bond acceptors (Lipinski definition) is 15. The number of nitrogens with zero attached hydrogens (tertiary/aromatic N) is 4. The molecule has 5 aliphatic rings. The summed E-state index contributed by atoms with van der Waals surface area (Å²) in [6.45, 7) is 1.83. The first-order valence-corrected chi connectivity index (χ1v) is 17.8. The Hall–Kier alpha value is -4.94. The van der Waals surface area contributed by atoms with Gasteiger partial charge in [0.05, 0.1) is 49.2 Å². The molecule has 3 aromatic carbocycles. The van der Waals surface area contributed by atoms with Crippen molar-refractivity contribution < 1.29 is 63.2 Å². The van der Waals surface area contributed by atoms with Gasteiger partial charge < -0.3 is 48.8 Å². The van der Waals surface area contributed by atoms with Crippen LogP contribution in [0.25, 0.3) is 10.4 Å². The van der Waals surface area contributed by atoms with Gasteiger partial charge in [0.25, 0.3) is 0 Å². The molecule has 288 valence electrons. The lowest BCUT2D eigenvalue weighted by molar-refractivity contribution is -0.264. The van der Waals surface area contributed by atoms with Crippen molar-refractivity contribution >= 4 is 23.0 Å². The number of aliphatic hydroxyl groups excluding tert-OH is 1. The number of morpholine rings is 1. The molecule has 3 fully saturated rings. The average molecular weight is 759 g/mol. The number of phenolic OH excluding ortho intramolecular Hbond substituents is 2. The van der Waals surface area contributed by atoms with Crippen molar-refractivity contribution in [2.75, 3.05) is 26.9 Å². The molecule has 0 saturated carbocycles. The topological polar surface area (TPSA) is 240 Å². The lowest BCUT2D eigenvalue weighted by Crippen LogP contribution is -2.55. The van der Waals surface area contributed by atoms with Gasteiger partial charge in [-0.25, -0.2) is 0 Å². The quantitative estimate of drug-likeness (QED) is 0.0830. The summed E-state index contributed by atoms with van der Waals surface area (Å²) in [5, 5.41) is 48.6. The van der Waals surface area contributed by atoms with Gasteiger partial charge in [-0.3, -0.25) is 19.3 Å². The van der Waals surface area contributed by atoms with E-state index in [9.17, 15) is 34.8 Å². The van der Waals surface area contributed by atoms with Gasteiger partial charge >= 0.3 is 0 Å². The monoisotopic (exact) mass is 758 g/mol. The van der Waals surface area contributed by atoms with E-state index in [1.54, 1.807) is 24.3 Å². The van der Waals surface area contributed by atoms with Crippen LogP contribution in [0.5, 0.6) is 17.2 Å². The molecule has 0 aromatic heterocycles. The summed E-state index contributed by atoms with van der Waals surface area (Å²) in [6.07, 6.45) is -5.46. The Morgan fingerprint density at radius 1 is 1.07 bits per heavy atom. The molecular weight excluding hydrogens is 720 g/mol. The van der Waals surface area contributed by atoms with E-state index in [0.29, 0.717) is 18.8 Å². The van der Waals surface area contributed by atoms with Crippen LogP contribution >= 0.6 is 0 Å². The minimum atomic E-state index is -2.27. The normalized spacial score (nSPS) is 29.6. The van der Waals surface area contributed by atoms with E-state index in [-0.39, 0.29) is 47.1 Å². The number of aliphatic hydroxyl groups is 2. The van der Waals surface area contributed by atoms with E-state index in [4.69, 9.17) is 34.0 Å². The number of fused-ring (bicyclic) bond motifs is 6. The first-order valence-electron chi connectivity index (χ1n) is 17.8. The van der Waals surface area contributed by atoms with Crippen LogP contribution in [0.3, 0.4) is 0 Å². The second-order valence-corrected chi connectivity index (χ2v) is 14.2. The highest BCUT2D eigenvalue weighted by atomic mass is 16.7. The Bertz CT molecular complexity index is 2120. The van der Waals surface area contributed by atoms with Gasteiger partial charge in [-0.1, -0.05) is 41.5 Å². The van der Waals surface area contributed by atoms with E-state index in [1.807, 2.05) is 6.92 Å². The van der Waals surface area contributed by atoms with Crippen LogP contribution < -0.4 is 4.74 Å². The van der Waals surface area contributed by atoms with Crippen molar-refractivity contribution in [3.63, 3.8) is 0 Å². The molecule has 0 unspecified atom stereocenters. The lowest BCUT2D eigenvalue weighted by atomic mass is 9.72. The summed E-state index contributed by atoms with van der Waals surface area (Å²) in [7, 11) is 1.34. The first-order chi connectivity index (χ1) is 26.5. The Balaban J connectivity index is 1.08.